The molecule has 6 rings (SSSR count). The minimum Gasteiger partial charge on any atom is -0.343 e. The van der Waals surface area contributed by atoms with Crippen LogP contribution in [0.4, 0.5) is 5.69 Å². The predicted octanol–water partition coefficient (Wildman–Crippen LogP) is 5.82. The molecule has 164 valence electrons. The van der Waals surface area contributed by atoms with E-state index in [2.05, 4.69) is 151 Å². The molecule has 0 aromatic heterocycles. The number of hydrogen-bond donors (Lipinski definition) is 1. The van der Waals surface area contributed by atoms with E-state index in [1.165, 1.54) is 32.2 Å². The lowest BCUT2D eigenvalue weighted by Crippen LogP contribution is -2.38. The number of fused-ring (bicyclic) bond motifs is 1. The number of nitrogens with one attached hydrogen (secondary N) is 1. The monoisotopic (exact) mass is 474 g/mol. The molecule has 1 aliphatic rings. The van der Waals surface area contributed by atoms with Gasteiger partial charge in [-0.3, -0.25) is 0 Å². The molecule has 3 heteroatoms. The number of para-hydroxylation sites is 1. The quantitative estimate of drug-likeness (QED) is 0.317. The van der Waals surface area contributed by atoms with Gasteiger partial charge in [-0.2, -0.15) is 0 Å². The molecule has 1 heterocycles. The number of rotatable bonds is 5. The third-order valence-electron chi connectivity index (χ3n) is 6.58. The van der Waals surface area contributed by atoms with Gasteiger partial charge in [0, 0.05) is 7.92 Å². The Bertz CT molecular complexity index is 1290. The summed E-state index contributed by atoms with van der Waals surface area (Å²) in [6.45, 7) is 0. The van der Waals surface area contributed by atoms with Gasteiger partial charge in [0.1, 0.15) is 23.2 Å². The molecule has 0 fully saturated rings. The predicted molar refractivity (Wildman–Crippen MR) is 152 cm³/mol. The van der Waals surface area contributed by atoms with E-state index in [9.17, 15) is 0 Å². The fourth-order valence-electron chi connectivity index (χ4n) is 5.15. The lowest BCUT2D eigenvalue weighted by atomic mass is 10.3. The Balaban J connectivity index is 1.69. The van der Waals surface area contributed by atoms with Crippen molar-refractivity contribution in [1.82, 2.24) is 0 Å². The minimum atomic E-state index is -2.02. The van der Waals surface area contributed by atoms with Crippen LogP contribution in [-0.2, 0) is 0 Å². The molecule has 1 unspecified atom stereocenters. The summed E-state index contributed by atoms with van der Waals surface area (Å²) in [5.41, 5.74) is 1.53. The Morgan fingerprint density at radius 2 is 0.882 bits per heavy atom. The third-order valence-corrected chi connectivity index (χ3v) is 14.9. The summed E-state index contributed by atoms with van der Waals surface area (Å²) in [4.78, 5) is 0. The van der Waals surface area contributed by atoms with Crippen LogP contribution < -0.4 is 31.8 Å². The van der Waals surface area contributed by atoms with E-state index in [0.29, 0.717) is 0 Å². The van der Waals surface area contributed by atoms with Crippen molar-refractivity contribution in [1.29, 1.82) is 0 Å². The van der Waals surface area contributed by atoms with Crippen LogP contribution in [-0.4, -0.2) is 5.52 Å². The smallest absolute Gasteiger partial charge is 0.178 e. The Labute approximate surface area is 203 Å². The minimum absolute atomic E-state index is 0.259. The first-order chi connectivity index (χ1) is 16.9. The highest BCUT2D eigenvalue weighted by atomic mass is 31.2. The molecule has 0 spiro atoms. The standard InChI is InChI=1S/C31H26NP2/c1-5-15-25(16-6-1)33(26-17-7-2-8-18-26)31-32-29-23-13-14-24-30(29)34(31,27-19-9-3-10-20-27)28-21-11-4-12-22-28/h1-24,31-32H/q+1. The number of anilines is 1. The molecule has 1 atom stereocenters. The van der Waals surface area contributed by atoms with Crippen molar-refractivity contribution in [2.75, 3.05) is 5.32 Å². The highest BCUT2D eigenvalue weighted by molar-refractivity contribution is 8.04. The number of benzene rings is 5. The molecule has 0 radical (unpaired) electrons. The van der Waals surface area contributed by atoms with E-state index in [4.69, 9.17) is 0 Å². The van der Waals surface area contributed by atoms with Crippen LogP contribution in [0.3, 0.4) is 0 Å². The Kier molecular flexibility index (Phi) is 5.76. The summed E-state index contributed by atoms with van der Waals surface area (Å²) in [6, 6.07) is 53.7. The molecular weight excluding hydrogens is 448 g/mol. The highest BCUT2D eigenvalue weighted by Crippen LogP contribution is 2.72. The van der Waals surface area contributed by atoms with Crippen LogP contribution in [0.1, 0.15) is 0 Å². The summed E-state index contributed by atoms with van der Waals surface area (Å²) in [5, 5.41) is 11.2. The molecule has 5 aromatic carbocycles. The van der Waals surface area contributed by atoms with E-state index in [0.717, 1.165) is 0 Å². The second-order valence-corrected chi connectivity index (χ2v) is 14.6. The van der Waals surface area contributed by atoms with Crippen LogP contribution in [0.5, 0.6) is 0 Å². The van der Waals surface area contributed by atoms with E-state index >= 15 is 0 Å². The maximum absolute atomic E-state index is 4.10. The summed E-state index contributed by atoms with van der Waals surface area (Å²) in [6.07, 6.45) is 0. The fraction of sp³-hybridized carbons (Fsp3) is 0.0323. The third kappa shape index (κ3) is 3.48. The molecule has 0 bridgehead atoms. The van der Waals surface area contributed by atoms with Crippen molar-refractivity contribution in [2.45, 2.75) is 5.52 Å². The van der Waals surface area contributed by atoms with Crippen LogP contribution in [0.2, 0.25) is 0 Å². The zero-order valence-corrected chi connectivity index (χ0v) is 20.6. The molecule has 0 saturated heterocycles. The van der Waals surface area contributed by atoms with Gasteiger partial charge < -0.3 is 5.32 Å². The van der Waals surface area contributed by atoms with Crippen molar-refractivity contribution in [3.63, 3.8) is 0 Å². The van der Waals surface area contributed by atoms with Crippen molar-refractivity contribution in [3.05, 3.63) is 146 Å². The largest absolute Gasteiger partial charge is 0.343 e. The van der Waals surface area contributed by atoms with Gasteiger partial charge in [0.05, 0.1) is 5.69 Å². The SMILES string of the molecule is c1ccc(P(c2ccccc2)C2Nc3ccccc3[P+]2(c2ccccc2)c2ccccc2)cc1. The first-order valence-corrected chi connectivity index (χ1v) is 14.9. The van der Waals surface area contributed by atoms with Crippen LogP contribution in [0.25, 0.3) is 0 Å². The van der Waals surface area contributed by atoms with E-state index in [1.807, 2.05) is 0 Å². The van der Waals surface area contributed by atoms with E-state index in [1.54, 1.807) is 0 Å². The highest BCUT2D eigenvalue weighted by Gasteiger charge is 2.61. The lowest BCUT2D eigenvalue weighted by Gasteiger charge is -2.34. The molecule has 1 N–H and O–H groups in total. The van der Waals surface area contributed by atoms with Gasteiger partial charge in [0.2, 0.25) is 0 Å². The first-order valence-electron chi connectivity index (χ1n) is 11.6. The van der Waals surface area contributed by atoms with Gasteiger partial charge in [-0.05, 0) is 47.0 Å². The van der Waals surface area contributed by atoms with E-state index < -0.39 is 15.2 Å². The second kappa shape index (κ2) is 9.19. The average Bonchev–Trinajstić information content (AvgIpc) is 3.26. The molecule has 1 nitrogen and oxygen atoms in total. The molecule has 5 aromatic rings. The molecule has 1 aliphatic heterocycles. The Morgan fingerprint density at radius 1 is 0.471 bits per heavy atom. The Morgan fingerprint density at radius 3 is 1.38 bits per heavy atom. The van der Waals surface area contributed by atoms with Crippen molar-refractivity contribution in [3.8, 4) is 0 Å². The van der Waals surface area contributed by atoms with Crippen molar-refractivity contribution in [2.24, 2.45) is 0 Å². The van der Waals surface area contributed by atoms with Gasteiger partial charge in [-0.15, -0.1) is 0 Å². The fourth-order valence-corrected chi connectivity index (χ4v) is 14.8. The normalized spacial score (nSPS) is 16.1. The summed E-state index contributed by atoms with van der Waals surface area (Å²) >= 11 is 0. The zero-order chi connectivity index (χ0) is 22.8. The summed E-state index contributed by atoms with van der Waals surface area (Å²) in [5.74, 6) is 0. The van der Waals surface area contributed by atoms with Gasteiger partial charge in [-0.25, -0.2) is 0 Å². The summed E-state index contributed by atoms with van der Waals surface area (Å²) in [7, 11) is -2.72. The molecular formula is C31H26NP2+. The average molecular weight is 475 g/mol. The zero-order valence-electron chi connectivity index (χ0n) is 18.8. The van der Waals surface area contributed by atoms with Crippen LogP contribution >= 0.6 is 15.2 Å². The first kappa shape index (κ1) is 21.3. The molecule has 0 aliphatic carbocycles. The molecule has 34 heavy (non-hydrogen) atoms. The Hall–Kier alpha value is -3.24. The second-order valence-electron chi connectivity index (χ2n) is 8.47. The van der Waals surface area contributed by atoms with Crippen LogP contribution in [0.15, 0.2) is 146 Å². The maximum atomic E-state index is 4.10. The van der Waals surface area contributed by atoms with E-state index in [-0.39, 0.29) is 5.52 Å². The van der Waals surface area contributed by atoms with Crippen molar-refractivity contribution < 1.29 is 0 Å². The topological polar surface area (TPSA) is 12.0 Å². The molecule has 0 amide bonds. The van der Waals surface area contributed by atoms with Gasteiger partial charge in [0.25, 0.3) is 0 Å². The van der Waals surface area contributed by atoms with Gasteiger partial charge in [0.15, 0.2) is 5.52 Å². The summed E-state index contributed by atoms with van der Waals surface area (Å²) < 4.78 is 0. The van der Waals surface area contributed by atoms with Gasteiger partial charge >= 0.3 is 0 Å². The van der Waals surface area contributed by atoms with Gasteiger partial charge in [-0.1, -0.05) is 109 Å². The van der Waals surface area contributed by atoms with Crippen molar-refractivity contribution >= 4 is 47.4 Å². The number of hydrogen-bond acceptors (Lipinski definition) is 1. The lowest BCUT2D eigenvalue weighted by molar-refractivity contribution is 1.40. The van der Waals surface area contributed by atoms with Crippen LogP contribution in [0, 0.1) is 0 Å². The maximum Gasteiger partial charge on any atom is 0.178 e. The molecule has 0 saturated carbocycles.